The molecular formula is C27H27F6NO3. The molecule has 0 unspecified atom stereocenters. The Morgan fingerprint density at radius 3 is 2.41 bits per heavy atom. The molecule has 1 aliphatic heterocycles. The van der Waals surface area contributed by atoms with E-state index in [4.69, 9.17) is 9.84 Å². The second kappa shape index (κ2) is 10.4. The quantitative estimate of drug-likeness (QED) is 0.316. The molecule has 0 atom stereocenters. The van der Waals surface area contributed by atoms with E-state index in [9.17, 15) is 31.1 Å². The van der Waals surface area contributed by atoms with Gasteiger partial charge in [-0.05, 0) is 85.2 Å². The number of benzene rings is 2. The number of aryl methyl sites for hydroxylation is 2. The molecule has 1 N–H and O–H groups in total. The molecule has 0 saturated carbocycles. The highest BCUT2D eigenvalue weighted by molar-refractivity contribution is 5.73. The minimum absolute atomic E-state index is 0.0616. The van der Waals surface area contributed by atoms with Crippen LogP contribution in [-0.2, 0) is 30.0 Å². The van der Waals surface area contributed by atoms with Crippen molar-refractivity contribution in [1.82, 2.24) is 4.90 Å². The average molecular weight is 528 g/mol. The monoisotopic (exact) mass is 527 g/mol. The third-order valence-corrected chi connectivity index (χ3v) is 7.03. The summed E-state index contributed by atoms with van der Waals surface area (Å²) in [6.45, 7) is 3.94. The summed E-state index contributed by atoms with van der Waals surface area (Å²) in [4.78, 5) is 13.1. The number of allylic oxidation sites excluding steroid dienone is 1. The molecule has 0 spiro atoms. The Morgan fingerprint density at radius 2 is 1.76 bits per heavy atom. The molecule has 37 heavy (non-hydrogen) atoms. The van der Waals surface area contributed by atoms with Crippen LogP contribution in [0.4, 0.5) is 26.3 Å². The molecule has 0 aromatic heterocycles. The number of alkyl halides is 6. The molecule has 1 saturated heterocycles. The van der Waals surface area contributed by atoms with E-state index >= 15 is 0 Å². The van der Waals surface area contributed by atoms with Crippen molar-refractivity contribution in [2.75, 3.05) is 26.2 Å². The van der Waals surface area contributed by atoms with Gasteiger partial charge in [-0.2, -0.15) is 26.3 Å². The minimum Gasteiger partial charge on any atom is -0.494 e. The van der Waals surface area contributed by atoms with Crippen molar-refractivity contribution < 1.29 is 41.0 Å². The SMILES string of the molecule is CC1=C(CN2CC(C(=O)O)C2)CCc2cc(OCCCc3cc(C(F)(F)F)ccc3C(F)(F)F)ccc21. The number of carbonyl (C=O) groups is 1. The summed E-state index contributed by atoms with van der Waals surface area (Å²) < 4.78 is 84.5. The van der Waals surface area contributed by atoms with Gasteiger partial charge in [0.2, 0.25) is 0 Å². The summed E-state index contributed by atoms with van der Waals surface area (Å²) >= 11 is 0. The van der Waals surface area contributed by atoms with E-state index in [0.717, 1.165) is 36.1 Å². The zero-order valence-electron chi connectivity index (χ0n) is 20.2. The number of carboxylic acid groups (broad SMARTS) is 1. The van der Waals surface area contributed by atoms with Crippen LogP contribution in [0.2, 0.25) is 0 Å². The van der Waals surface area contributed by atoms with Crippen LogP contribution in [0.25, 0.3) is 5.57 Å². The van der Waals surface area contributed by atoms with Crippen LogP contribution < -0.4 is 4.74 Å². The highest BCUT2D eigenvalue weighted by Crippen LogP contribution is 2.37. The van der Waals surface area contributed by atoms with Gasteiger partial charge in [0.25, 0.3) is 0 Å². The molecular weight excluding hydrogens is 500 g/mol. The van der Waals surface area contributed by atoms with Crippen molar-refractivity contribution in [3.63, 3.8) is 0 Å². The van der Waals surface area contributed by atoms with Crippen LogP contribution in [0.1, 0.15) is 47.6 Å². The molecule has 200 valence electrons. The van der Waals surface area contributed by atoms with Gasteiger partial charge < -0.3 is 9.84 Å². The lowest BCUT2D eigenvalue weighted by molar-refractivity contribution is -0.147. The molecule has 0 bridgehead atoms. The van der Waals surface area contributed by atoms with Crippen molar-refractivity contribution in [3.8, 4) is 5.75 Å². The van der Waals surface area contributed by atoms with Crippen LogP contribution in [0.3, 0.4) is 0 Å². The summed E-state index contributed by atoms with van der Waals surface area (Å²) in [5, 5.41) is 9.05. The Morgan fingerprint density at radius 1 is 1.03 bits per heavy atom. The zero-order valence-corrected chi connectivity index (χ0v) is 20.2. The van der Waals surface area contributed by atoms with E-state index in [2.05, 4.69) is 4.90 Å². The minimum atomic E-state index is -4.74. The highest BCUT2D eigenvalue weighted by atomic mass is 19.4. The smallest absolute Gasteiger partial charge is 0.416 e. The summed E-state index contributed by atoms with van der Waals surface area (Å²) in [5.41, 5.74) is 2.02. The Balaban J connectivity index is 1.36. The Bertz CT molecular complexity index is 1200. The Kier molecular flexibility index (Phi) is 7.60. The van der Waals surface area contributed by atoms with E-state index in [1.165, 1.54) is 5.57 Å². The zero-order chi connectivity index (χ0) is 27.0. The van der Waals surface area contributed by atoms with E-state index in [-0.39, 0.29) is 25.4 Å². The normalized spacial score (nSPS) is 16.9. The lowest BCUT2D eigenvalue weighted by atomic mass is 9.85. The van der Waals surface area contributed by atoms with Gasteiger partial charge in [0, 0.05) is 19.6 Å². The van der Waals surface area contributed by atoms with Gasteiger partial charge in [0.05, 0.1) is 23.7 Å². The fourth-order valence-electron chi connectivity index (χ4n) is 4.92. The highest BCUT2D eigenvalue weighted by Gasteiger charge is 2.37. The fourth-order valence-corrected chi connectivity index (χ4v) is 4.92. The van der Waals surface area contributed by atoms with Gasteiger partial charge in [-0.15, -0.1) is 0 Å². The van der Waals surface area contributed by atoms with Crippen LogP contribution >= 0.6 is 0 Å². The van der Waals surface area contributed by atoms with Crippen molar-refractivity contribution in [2.24, 2.45) is 5.92 Å². The van der Waals surface area contributed by atoms with Gasteiger partial charge in [-0.25, -0.2) is 0 Å². The van der Waals surface area contributed by atoms with Crippen LogP contribution in [0.15, 0.2) is 42.0 Å². The Labute approximate surface area is 210 Å². The number of nitrogens with zero attached hydrogens (tertiary/aromatic N) is 1. The number of ether oxygens (including phenoxy) is 1. The number of carboxylic acids is 1. The first-order valence-electron chi connectivity index (χ1n) is 12.0. The molecule has 2 aliphatic rings. The lowest BCUT2D eigenvalue weighted by Gasteiger charge is -2.38. The molecule has 0 amide bonds. The van der Waals surface area contributed by atoms with Gasteiger partial charge >= 0.3 is 18.3 Å². The third-order valence-electron chi connectivity index (χ3n) is 7.03. The molecule has 2 aromatic rings. The van der Waals surface area contributed by atoms with Gasteiger partial charge in [0.15, 0.2) is 0 Å². The van der Waals surface area contributed by atoms with Crippen LogP contribution in [0, 0.1) is 5.92 Å². The molecule has 10 heteroatoms. The Hall–Kier alpha value is -3.01. The maximum absolute atomic E-state index is 13.3. The van der Waals surface area contributed by atoms with Gasteiger partial charge in [-0.1, -0.05) is 11.6 Å². The fraction of sp³-hybridized carbons (Fsp3) is 0.444. The number of hydrogen-bond acceptors (Lipinski definition) is 3. The number of halogens is 6. The van der Waals surface area contributed by atoms with Crippen LogP contribution in [-0.4, -0.2) is 42.2 Å². The standard InChI is InChI=1S/C27H27F6NO3/c1-16-19(13-34-14-20(15-34)25(35)36)5-4-17-12-22(7-8-23(16)17)37-10-2-3-18-11-21(26(28,29)30)6-9-24(18)27(31,32)33/h6-9,11-12,20H,2-5,10,13-15H2,1H3,(H,35,36). The second-order valence-electron chi connectivity index (χ2n) is 9.60. The molecule has 1 fully saturated rings. The molecule has 1 heterocycles. The van der Waals surface area contributed by atoms with Crippen molar-refractivity contribution in [1.29, 1.82) is 0 Å². The lowest BCUT2D eigenvalue weighted by Crippen LogP contribution is -2.50. The van der Waals surface area contributed by atoms with Gasteiger partial charge in [0.1, 0.15) is 5.75 Å². The third kappa shape index (κ3) is 6.29. The van der Waals surface area contributed by atoms with Crippen LogP contribution in [0.5, 0.6) is 5.75 Å². The van der Waals surface area contributed by atoms with E-state index in [1.54, 1.807) is 6.07 Å². The van der Waals surface area contributed by atoms with Crippen molar-refractivity contribution in [3.05, 3.63) is 69.8 Å². The number of fused-ring (bicyclic) bond motifs is 1. The number of likely N-dealkylation sites (tertiary alicyclic amines) is 1. The van der Waals surface area contributed by atoms with Crippen molar-refractivity contribution in [2.45, 2.75) is 45.0 Å². The summed E-state index contributed by atoms with van der Waals surface area (Å²) in [6, 6.07) is 7.11. The first kappa shape index (κ1) is 27.0. The molecule has 0 radical (unpaired) electrons. The first-order chi connectivity index (χ1) is 17.3. The largest absolute Gasteiger partial charge is 0.494 e. The average Bonchev–Trinajstić information content (AvgIpc) is 2.78. The molecule has 1 aliphatic carbocycles. The van der Waals surface area contributed by atoms with Crippen molar-refractivity contribution >= 4 is 11.5 Å². The van der Waals surface area contributed by atoms with E-state index < -0.39 is 35.0 Å². The maximum Gasteiger partial charge on any atom is 0.416 e. The van der Waals surface area contributed by atoms with E-state index in [0.29, 0.717) is 37.0 Å². The topological polar surface area (TPSA) is 49.8 Å². The predicted octanol–water partition coefficient (Wildman–Crippen LogP) is 6.47. The molecule has 4 nitrogen and oxygen atoms in total. The number of rotatable bonds is 8. The first-order valence-corrected chi connectivity index (χ1v) is 12.0. The second-order valence-corrected chi connectivity index (χ2v) is 9.60. The summed E-state index contributed by atoms with van der Waals surface area (Å²) in [6.07, 6.45) is -7.91. The maximum atomic E-state index is 13.3. The molecule has 2 aromatic carbocycles. The number of aliphatic carboxylic acids is 1. The predicted molar refractivity (Wildman–Crippen MR) is 125 cm³/mol. The van der Waals surface area contributed by atoms with E-state index in [1.807, 2.05) is 19.1 Å². The summed E-state index contributed by atoms with van der Waals surface area (Å²) in [5.74, 6) is -0.508. The number of hydrogen-bond donors (Lipinski definition) is 1. The van der Waals surface area contributed by atoms with Gasteiger partial charge in [-0.3, -0.25) is 9.69 Å². The molecule has 4 rings (SSSR count). The summed E-state index contributed by atoms with van der Waals surface area (Å²) in [7, 11) is 0.